The number of carbonyl (C=O) groups excluding carboxylic acids is 1. The van der Waals surface area contributed by atoms with Gasteiger partial charge in [-0.05, 0) is 47.9 Å². The van der Waals surface area contributed by atoms with Gasteiger partial charge >= 0.3 is 6.18 Å². The summed E-state index contributed by atoms with van der Waals surface area (Å²) < 4.78 is 39.2. The molecule has 2 aromatic carbocycles. The molecule has 2 nitrogen and oxygen atoms in total. The fourth-order valence-corrected chi connectivity index (χ4v) is 3.13. The van der Waals surface area contributed by atoms with Crippen molar-refractivity contribution in [3.05, 3.63) is 69.2 Å². The Kier molecular flexibility index (Phi) is 4.19. The van der Waals surface area contributed by atoms with E-state index in [2.05, 4.69) is 15.9 Å². The van der Waals surface area contributed by atoms with Gasteiger partial charge in [-0.1, -0.05) is 28.1 Å². The van der Waals surface area contributed by atoms with Gasteiger partial charge in [0.1, 0.15) is 0 Å². The quantitative estimate of drug-likeness (QED) is 0.737. The molecule has 120 valence electrons. The normalized spacial score (nSPS) is 14.8. The van der Waals surface area contributed by atoms with E-state index in [4.69, 9.17) is 0 Å². The van der Waals surface area contributed by atoms with Crippen LogP contribution in [0.5, 0.6) is 0 Å². The summed E-state index contributed by atoms with van der Waals surface area (Å²) in [7, 11) is 0. The third-order valence-corrected chi connectivity index (χ3v) is 4.36. The number of nitrogens with zero attached hydrogens (tertiary/aromatic N) is 1. The maximum atomic E-state index is 12.8. The van der Waals surface area contributed by atoms with E-state index in [-0.39, 0.29) is 12.5 Å². The maximum Gasteiger partial charge on any atom is 0.416 e. The molecular weight excluding hydrogens is 371 g/mol. The number of hydrogen-bond donors (Lipinski definition) is 0. The van der Waals surface area contributed by atoms with E-state index in [1.807, 2.05) is 6.07 Å². The molecule has 1 heterocycles. The highest BCUT2D eigenvalue weighted by Gasteiger charge is 2.31. The van der Waals surface area contributed by atoms with Crippen LogP contribution in [-0.4, -0.2) is 17.4 Å². The lowest BCUT2D eigenvalue weighted by atomic mass is 9.98. The van der Waals surface area contributed by atoms with Crippen molar-refractivity contribution in [1.82, 2.24) is 4.90 Å². The average molecular weight is 384 g/mol. The second-order valence-electron chi connectivity index (χ2n) is 5.48. The summed E-state index contributed by atoms with van der Waals surface area (Å²) in [5.41, 5.74) is 1.37. The Morgan fingerprint density at radius 3 is 2.65 bits per heavy atom. The fourth-order valence-electron chi connectivity index (χ4n) is 2.72. The summed E-state index contributed by atoms with van der Waals surface area (Å²) in [5, 5.41) is 0. The molecule has 0 saturated carbocycles. The Balaban J connectivity index is 1.82. The minimum atomic E-state index is -4.37. The molecular formula is C17H13BrF3NO. The largest absolute Gasteiger partial charge is 0.416 e. The summed E-state index contributed by atoms with van der Waals surface area (Å²) >= 11 is 3.37. The van der Waals surface area contributed by atoms with Gasteiger partial charge in [0, 0.05) is 23.1 Å². The molecule has 0 spiro atoms. The molecule has 0 saturated heterocycles. The Morgan fingerprint density at radius 2 is 1.91 bits per heavy atom. The zero-order valence-electron chi connectivity index (χ0n) is 12.0. The first-order valence-corrected chi connectivity index (χ1v) is 7.88. The minimum Gasteiger partial charge on any atom is -0.334 e. The van der Waals surface area contributed by atoms with E-state index in [1.165, 1.54) is 6.07 Å². The van der Waals surface area contributed by atoms with Gasteiger partial charge in [0.2, 0.25) is 0 Å². The van der Waals surface area contributed by atoms with Gasteiger partial charge in [-0.25, -0.2) is 0 Å². The van der Waals surface area contributed by atoms with Crippen molar-refractivity contribution >= 4 is 21.8 Å². The summed E-state index contributed by atoms with van der Waals surface area (Å²) in [6.45, 7) is 0.677. The molecule has 0 N–H and O–H groups in total. The Morgan fingerprint density at radius 1 is 1.13 bits per heavy atom. The molecule has 0 aromatic heterocycles. The number of fused-ring (bicyclic) bond motifs is 1. The van der Waals surface area contributed by atoms with E-state index in [9.17, 15) is 18.0 Å². The monoisotopic (exact) mass is 383 g/mol. The highest BCUT2D eigenvalue weighted by Crippen LogP contribution is 2.30. The predicted octanol–water partition coefficient (Wildman–Crippen LogP) is 4.67. The average Bonchev–Trinajstić information content (AvgIpc) is 2.49. The number of alkyl halides is 3. The second-order valence-corrected chi connectivity index (χ2v) is 6.39. The van der Waals surface area contributed by atoms with Crippen molar-refractivity contribution in [3.63, 3.8) is 0 Å². The first-order chi connectivity index (χ1) is 10.8. The Bertz CT molecular complexity index is 758. The number of amides is 1. The third kappa shape index (κ3) is 3.42. The second kappa shape index (κ2) is 6.00. The van der Waals surface area contributed by atoms with Crippen molar-refractivity contribution < 1.29 is 18.0 Å². The molecule has 1 aliphatic heterocycles. The molecule has 6 heteroatoms. The fraction of sp³-hybridized carbons (Fsp3) is 0.235. The van der Waals surface area contributed by atoms with E-state index < -0.39 is 11.7 Å². The van der Waals surface area contributed by atoms with Crippen LogP contribution in [0, 0.1) is 0 Å². The summed E-state index contributed by atoms with van der Waals surface area (Å²) in [6.07, 6.45) is -3.68. The van der Waals surface area contributed by atoms with E-state index >= 15 is 0 Å². The minimum absolute atomic E-state index is 0.142. The number of benzene rings is 2. The maximum absolute atomic E-state index is 12.8. The summed E-state index contributed by atoms with van der Waals surface area (Å²) in [6, 6.07) is 10.6. The number of hydrogen-bond acceptors (Lipinski definition) is 1. The van der Waals surface area contributed by atoms with Crippen molar-refractivity contribution in [1.29, 1.82) is 0 Å². The standard InChI is InChI=1S/C17H13BrF3NO/c18-14-4-5-15-12(9-14)6-7-22(16(15)23)10-11-2-1-3-13(8-11)17(19,20)21/h1-5,8-9H,6-7,10H2. The molecule has 3 rings (SSSR count). The van der Waals surface area contributed by atoms with Crippen LogP contribution in [0.4, 0.5) is 13.2 Å². The van der Waals surface area contributed by atoms with E-state index in [1.54, 1.807) is 23.1 Å². The van der Waals surface area contributed by atoms with Gasteiger partial charge in [-0.15, -0.1) is 0 Å². The van der Waals surface area contributed by atoms with Crippen LogP contribution in [-0.2, 0) is 19.1 Å². The first-order valence-electron chi connectivity index (χ1n) is 7.08. The lowest BCUT2D eigenvalue weighted by molar-refractivity contribution is -0.137. The summed E-state index contributed by atoms with van der Waals surface area (Å²) in [4.78, 5) is 14.1. The van der Waals surface area contributed by atoms with Crippen LogP contribution in [0.2, 0.25) is 0 Å². The van der Waals surface area contributed by atoms with Gasteiger partial charge in [0.15, 0.2) is 0 Å². The lowest BCUT2D eigenvalue weighted by Crippen LogP contribution is -2.37. The Labute approximate surface area is 140 Å². The molecule has 1 amide bonds. The van der Waals surface area contributed by atoms with Crippen LogP contribution in [0.15, 0.2) is 46.9 Å². The zero-order chi connectivity index (χ0) is 16.6. The highest BCUT2D eigenvalue weighted by atomic mass is 79.9. The highest BCUT2D eigenvalue weighted by molar-refractivity contribution is 9.10. The molecule has 0 atom stereocenters. The van der Waals surface area contributed by atoms with Crippen molar-refractivity contribution in [2.24, 2.45) is 0 Å². The summed E-state index contributed by atoms with van der Waals surface area (Å²) in [5.74, 6) is -0.142. The molecule has 0 fully saturated rings. The van der Waals surface area contributed by atoms with Crippen molar-refractivity contribution in [2.45, 2.75) is 19.1 Å². The van der Waals surface area contributed by atoms with Crippen LogP contribution >= 0.6 is 15.9 Å². The molecule has 0 bridgehead atoms. The number of carbonyl (C=O) groups is 1. The van der Waals surface area contributed by atoms with Gasteiger partial charge in [0.25, 0.3) is 5.91 Å². The predicted molar refractivity (Wildman–Crippen MR) is 84.0 cm³/mol. The molecule has 2 aromatic rings. The third-order valence-electron chi connectivity index (χ3n) is 3.86. The van der Waals surface area contributed by atoms with Gasteiger partial charge in [-0.2, -0.15) is 13.2 Å². The first kappa shape index (κ1) is 16.1. The van der Waals surface area contributed by atoms with E-state index in [0.717, 1.165) is 22.2 Å². The zero-order valence-corrected chi connectivity index (χ0v) is 13.6. The van der Waals surface area contributed by atoms with Crippen molar-refractivity contribution in [2.75, 3.05) is 6.54 Å². The van der Waals surface area contributed by atoms with Crippen LogP contribution in [0.1, 0.15) is 27.0 Å². The lowest BCUT2D eigenvalue weighted by Gasteiger charge is -2.29. The van der Waals surface area contributed by atoms with Gasteiger partial charge in [0.05, 0.1) is 5.56 Å². The van der Waals surface area contributed by atoms with Crippen LogP contribution < -0.4 is 0 Å². The molecule has 0 unspecified atom stereocenters. The number of rotatable bonds is 2. The number of halogens is 4. The van der Waals surface area contributed by atoms with E-state index in [0.29, 0.717) is 24.1 Å². The molecule has 0 aliphatic carbocycles. The van der Waals surface area contributed by atoms with Crippen LogP contribution in [0.25, 0.3) is 0 Å². The van der Waals surface area contributed by atoms with Gasteiger partial charge < -0.3 is 4.90 Å². The van der Waals surface area contributed by atoms with Crippen molar-refractivity contribution in [3.8, 4) is 0 Å². The molecule has 23 heavy (non-hydrogen) atoms. The molecule has 1 aliphatic rings. The van der Waals surface area contributed by atoms with Gasteiger partial charge in [-0.3, -0.25) is 4.79 Å². The topological polar surface area (TPSA) is 20.3 Å². The Hall–Kier alpha value is -1.82. The smallest absolute Gasteiger partial charge is 0.334 e. The van der Waals surface area contributed by atoms with Crippen LogP contribution in [0.3, 0.4) is 0 Å². The molecule has 0 radical (unpaired) electrons. The SMILES string of the molecule is O=C1c2ccc(Br)cc2CCN1Cc1cccc(C(F)(F)F)c1.